The fourth-order valence-corrected chi connectivity index (χ4v) is 2.67. The Hall–Kier alpha value is -1.02. The van der Waals surface area contributed by atoms with Crippen LogP contribution < -0.4 is 17.0 Å². The highest BCUT2D eigenvalue weighted by molar-refractivity contribution is 5.34. The van der Waals surface area contributed by atoms with Crippen LogP contribution in [-0.4, -0.2) is 42.6 Å². The third-order valence-electron chi connectivity index (χ3n) is 3.81. The second-order valence-corrected chi connectivity index (χ2v) is 5.11. The molecule has 7 heteroatoms. The lowest BCUT2D eigenvalue weighted by molar-refractivity contribution is -0.925. The van der Waals surface area contributed by atoms with Crippen LogP contribution in [0.4, 0.5) is 5.69 Å². The molecule has 1 aromatic rings. The molecule has 0 aliphatic carbocycles. The topological polar surface area (TPSA) is 61.6 Å². The maximum absolute atomic E-state index is 10.6. The van der Waals surface area contributed by atoms with E-state index in [1.165, 1.54) is 12.1 Å². The zero-order chi connectivity index (χ0) is 12.8. The first-order valence-corrected chi connectivity index (χ1v) is 5.88. The molecule has 0 spiro atoms. The van der Waals surface area contributed by atoms with Crippen molar-refractivity contribution in [2.24, 2.45) is 0 Å². The number of nitrogens with zero attached hydrogens (tertiary/aromatic N) is 2. The van der Waals surface area contributed by atoms with E-state index in [1.54, 1.807) is 12.1 Å². The molecule has 2 aliphatic heterocycles. The molecule has 0 amide bonds. The van der Waals surface area contributed by atoms with Crippen molar-refractivity contribution in [3.05, 3.63) is 39.9 Å². The van der Waals surface area contributed by atoms with Gasteiger partial charge in [0.05, 0.1) is 12.0 Å². The summed E-state index contributed by atoms with van der Waals surface area (Å²) >= 11 is 0. The Morgan fingerprint density at radius 3 is 2.63 bits per heavy atom. The molecular formula is C12H15BrN2O4. The van der Waals surface area contributed by atoms with Crippen LogP contribution in [0.15, 0.2) is 24.3 Å². The van der Waals surface area contributed by atoms with Crippen molar-refractivity contribution in [3.8, 4) is 0 Å². The van der Waals surface area contributed by atoms with Gasteiger partial charge in [0.1, 0.15) is 18.8 Å². The maximum Gasteiger partial charge on any atom is 0.269 e. The quantitative estimate of drug-likeness (QED) is 0.373. The molecule has 2 fully saturated rings. The minimum atomic E-state index is -0.391. The summed E-state index contributed by atoms with van der Waals surface area (Å²) in [4.78, 5) is 10.2. The maximum atomic E-state index is 10.6. The number of nitro groups is 1. The van der Waals surface area contributed by atoms with Crippen LogP contribution in [0.5, 0.6) is 0 Å². The third-order valence-corrected chi connectivity index (χ3v) is 3.81. The number of benzene rings is 1. The second-order valence-electron chi connectivity index (χ2n) is 5.11. The minimum absolute atomic E-state index is 0. The molecule has 2 aliphatic rings. The Kier molecular flexibility index (Phi) is 3.91. The standard InChI is InChI=1S/C12H15N2O4.BrH/c1-14-7-17-6-11(14)12(18-8-14)9-2-4-10(5-3-9)13(15)16;/h2-5,11-12H,6-8H2,1H3;1H/q+1;/p-1/t11-,12-,14?;/m1./s1. The van der Waals surface area contributed by atoms with Crippen LogP contribution in [0.25, 0.3) is 0 Å². The van der Waals surface area contributed by atoms with Crippen molar-refractivity contribution in [1.82, 2.24) is 0 Å². The highest BCUT2D eigenvalue weighted by Gasteiger charge is 2.51. The van der Waals surface area contributed by atoms with Gasteiger partial charge in [-0.2, -0.15) is 0 Å². The number of ether oxygens (including phenoxy) is 2. The van der Waals surface area contributed by atoms with Gasteiger partial charge in [-0.25, -0.2) is 0 Å². The van der Waals surface area contributed by atoms with Gasteiger partial charge in [0.25, 0.3) is 5.69 Å². The van der Waals surface area contributed by atoms with Crippen molar-refractivity contribution in [2.45, 2.75) is 12.1 Å². The summed E-state index contributed by atoms with van der Waals surface area (Å²) < 4.78 is 12.1. The smallest absolute Gasteiger partial charge is 0.269 e. The van der Waals surface area contributed by atoms with Crippen LogP contribution in [0.3, 0.4) is 0 Å². The van der Waals surface area contributed by atoms with E-state index in [9.17, 15) is 10.1 Å². The van der Waals surface area contributed by atoms with Gasteiger partial charge < -0.3 is 26.5 Å². The van der Waals surface area contributed by atoms with Gasteiger partial charge in [0.2, 0.25) is 0 Å². The molecule has 3 atom stereocenters. The van der Waals surface area contributed by atoms with Gasteiger partial charge in [-0.3, -0.25) is 14.6 Å². The Labute approximate surface area is 121 Å². The lowest BCUT2D eigenvalue weighted by Gasteiger charge is -2.25. The van der Waals surface area contributed by atoms with Crippen LogP contribution in [0.2, 0.25) is 0 Å². The lowest BCUT2D eigenvalue weighted by atomic mass is 10.0. The Balaban J connectivity index is 0.00000133. The van der Waals surface area contributed by atoms with E-state index in [-0.39, 0.29) is 34.8 Å². The molecule has 6 nitrogen and oxygen atoms in total. The molecule has 3 rings (SSSR count). The number of hydrogen-bond acceptors (Lipinski definition) is 4. The number of quaternary nitrogens is 1. The SMILES string of the molecule is C[N+]12COC[C@@H]1[C@@H](c1ccc([N+](=O)[O-])cc1)OC2.[Br-]. The molecule has 2 heterocycles. The largest absolute Gasteiger partial charge is 1.00 e. The monoisotopic (exact) mass is 330 g/mol. The minimum Gasteiger partial charge on any atom is -1.00 e. The summed E-state index contributed by atoms with van der Waals surface area (Å²) in [5, 5.41) is 10.6. The number of likely N-dealkylation sites (N-methyl/N-ethyl adjacent to an activating group) is 1. The molecule has 0 radical (unpaired) electrons. The fourth-order valence-electron chi connectivity index (χ4n) is 2.67. The van der Waals surface area contributed by atoms with E-state index in [4.69, 9.17) is 9.47 Å². The van der Waals surface area contributed by atoms with Gasteiger partial charge in [-0.15, -0.1) is 0 Å². The average molecular weight is 331 g/mol. The zero-order valence-electron chi connectivity index (χ0n) is 10.5. The van der Waals surface area contributed by atoms with Crippen LogP contribution in [-0.2, 0) is 9.47 Å². The molecule has 0 saturated carbocycles. The predicted molar refractivity (Wildman–Crippen MR) is 62.6 cm³/mol. The van der Waals surface area contributed by atoms with E-state index in [0.29, 0.717) is 20.1 Å². The molecule has 2 saturated heterocycles. The van der Waals surface area contributed by atoms with Gasteiger partial charge in [0.15, 0.2) is 13.5 Å². The first-order valence-electron chi connectivity index (χ1n) is 5.88. The van der Waals surface area contributed by atoms with Crippen molar-refractivity contribution >= 4 is 5.69 Å². The molecule has 1 aromatic carbocycles. The lowest BCUT2D eigenvalue weighted by Crippen LogP contribution is -3.00. The Bertz CT molecular complexity index is 481. The highest BCUT2D eigenvalue weighted by Crippen LogP contribution is 2.38. The molecule has 0 aromatic heterocycles. The predicted octanol–water partition coefficient (Wildman–Crippen LogP) is -1.57. The van der Waals surface area contributed by atoms with E-state index >= 15 is 0 Å². The van der Waals surface area contributed by atoms with Gasteiger partial charge in [-0.05, 0) is 17.7 Å². The summed E-state index contributed by atoms with van der Waals surface area (Å²) in [6, 6.07) is 6.88. The third kappa shape index (κ3) is 2.38. The van der Waals surface area contributed by atoms with E-state index < -0.39 is 4.92 Å². The molecule has 19 heavy (non-hydrogen) atoms. The van der Waals surface area contributed by atoms with Crippen molar-refractivity contribution in [3.63, 3.8) is 0 Å². The zero-order valence-corrected chi connectivity index (χ0v) is 12.1. The summed E-state index contributed by atoms with van der Waals surface area (Å²) in [7, 11) is 2.11. The van der Waals surface area contributed by atoms with E-state index in [1.807, 2.05) is 0 Å². The van der Waals surface area contributed by atoms with Gasteiger partial charge >= 0.3 is 0 Å². The summed E-state index contributed by atoms with van der Waals surface area (Å²) in [6.45, 7) is 1.98. The summed E-state index contributed by atoms with van der Waals surface area (Å²) in [5.41, 5.74) is 1.09. The second kappa shape index (κ2) is 5.16. The van der Waals surface area contributed by atoms with Gasteiger partial charge in [-0.1, -0.05) is 0 Å². The number of nitro benzene ring substituents is 1. The molecular weight excluding hydrogens is 316 g/mol. The first-order chi connectivity index (χ1) is 8.60. The molecule has 104 valence electrons. The van der Waals surface area contributed by atoms with Crippen LogP contribution >= 0.6 is 0 Å². The molecule has 0 bridgehead atoms. The van der Waals surface area contributed by atoms with Gasteiger partial charge in [0, 0.05) is 12.1 Å². The summed E-state index contributed by atoms with van der Waals surface area (Å²) in [6.07, 6.45) is -0.0293. The van der Waals surface area contributed by atoms with E-state index in [2.05, 4.69) is 7.05 Å². The van der Waals surface area contributed by atoms with Crippen molar-refractivity contribution in [1.29, 1.82) is 0 Å². The van der Waals surface area contributed by atoms with Crippen LogP contribution in [0.1, 0.15) is 11.7 Å². The van der Waals surface area contributed by atoms with E-state index in [0.717, 1.165) is 10.0 Å². The fraction of sp³-hybridized carbons (Fsp3) is 0.500. The first kappa shape index (κ1) is 14.4. The number of non-ortho nitro benzene ring substituents is 1. The number of halogens is 1. The molecule has 1 unspecified atom stereocenters. The number of fused-ring (bicyclic) bond motifs is 1. The Morgan fingerprint density at radius 1 is 1.32 bits per heavy atom. The average Bonchev–Trinajstić information content (AvgIpc) is 2.86. The number of rotatable bonds is 2. The molecule has 0 N–H and O–H groups in total. The number of hydrogen-bond donors (Lipinski definition) is 0. The van der Waals surface area contributed by atoms with Crippen LogP contribution in [0, 0.1) is 10.1 Å². The Morgan fingerprint density at radius 2 is 2.00 bits per heavy atom. The van der Waals surface area contributed by atoms with Crippen molar-refractivity contribution in [2.75, 3.05) is 27.1 Å². The van der Waals surface area contributed by atoms with Crippen molar-refractivity contribution < 1.29 is 35.9 Å². The normalized spacial score (nSPS) is 32.7. The summed E-state index contributed by atoms with van der Waals surface area (Å²) in [5.74, 6) is 0. The highest BCUT2D eigenvalue weighted by atomic mass is 79.9.